The minimum atomic E-state index is -0.252. The SMILES string of the molecule is COCCNc1nc2c(C)cccn2c(=O)c1/C=C1\SC(=S)N(C[C@@H]2CCCO2)C1=O. The van der Waals surface area contributed by atoms with Gasteiger partial charge in [-0.1, -0.05) is 30.0 Å². The van der Waals surface area contributed by atoms with Crippen LogP contribution in [0.3, 0.4) is 0 Å². The van der Waals surface area contributed by atoms with Gasteiger partial charge in [0.2, 0.25) is 0 Å². The summed E-state index contributed by atoms with van der Waals surface area (Å²) < 4.78 is 12.7. The molecule has 4 heterocycles. The van der Waals surface area contributed by atoms with Crippen LogP contribution >= 0.6 is 24.0 Å². The fourth-order valence-electron chi connectivity index (χ4n) is 3.63. The first kappa shape index (κ1) is 21.9. The summed E-state index contributed by atoms with van der Waals surface area (Å²) in [6.07, 6.45) is 5.18. The van der Waals surface area contributed by atoms with Crippen molar-refractivity contribution in [1.29, 1.82) is 0 Å². The van der Waals surface area contributed by atoms with Crippen LogP contribution in [-0.2, 0) is 14.3 Å². The Labute approximate surface area is 189 Å². The van der Waals surface area contributed by atoms with E-state index in [0.717, 1.165) is 18.4 Å². The number of carbonyl (C=O) groups excluding carboxylic acids is 1. The van der Waals surface area contributed by atoms with Crippen LogP contribution in [0, 0.1) is 6.92 Å². The van der Waals surface area contributed by atoms with Gasteiger partial charge in [0.25, 0.3) is 11.5 Å². The molecule has 0 radical (unpaired) electrons. The number of aromatic nitrogens is 2. The molecule has 10 heteroatoms. The van der Waals surface area contributed by atoms with Crippen molar-refractivity contribution < 1.29 is 14.3 Å². The Bertz CT molecular complexity index is 1110. The monoisotopic (exact) mass is 460 g/mol. The Morgan fingerprint density at radius 3 is 3.03 bits per heavy atom. The van der Waals surface area contributed by atoms with Crippen LogP contribution in [0.2, 0.25) is 0 Å². The highest BCUT2D eigenvalue weighted by Gasteiger charge is 2.35. The quantitative estimate of drug-likeness (QED) is 0.383. The normalized spacial score (nSPS) is 20.4. The number of nitrogens with one attached hydrogen (secondary N) is 1. The van der Waals surface area contributed by atoms with Crippen molar-refractivity contribution >= 4 is 51.7 Å². The number of thiocarbonyl (C=S) groups is 1. The summed E-state index contributed by atoms with van der Waals surface area (Å²) in [5.74, 6) is 0.211. The predicted octanol–water partition coefficient (Wildman–Crippen LogP) is 2.44. The summed E-state index contributed by atoms with van der Waals surface area (Å²) >= 11 is 6.63. The second-order valence-electron chi connectivity index (χ2n) is 7.41. The lowest BCUT2D eigenvalue weighted by Gasteiger charge is -2.18. The molecule has 0 aromatic carbocycles. The zero-order valence-electron chi connectivity index (χ0n) is 17.4. The van der Waals surface area contributed by atoms with Gasteiger partial charge in [-0.2, -0.15) is 0 Å². The highest BCUT2D eigenvalue weighted by atomic mass is 32.2. The van der Waals surface area contributed by atoms with Gasteiger partial charge in [0.15, 0.2) is 0 Å². The van der Waals surface area contributed by atoms with E-state index in [1.54, 1.807) is 30.3 Å². The Morgan fingerprint density at radius 2 is 2.29 bits per heavy atom. The van der Waals surface area contributed by atoms with Crippen LogP contribution in [-0.4, -0.2) is 64.0 Å². The Kier molecular flexibility index (Phi) is 6.71. The van der Waals surface area contributed by atoms with E-state index in [4.69, 9.17) is 21.7 Å². The lowest BCUT2D eigenvalue weighted by Crippen LogP contribution is -2.35. The number of rotatable bonds is 7. The largest absolute Gasteiger partial charge is 0.383 e. The van der Waals surface area contributed by atoms with Gasteiger partial charge < -0.3 is 14.8 Å². The number of hydrogen-bond acceptors (Lipinski definition) is 8. The molecule has 2 aliphatic heterocycles. The van der Waals surface area contributed by atoms with Gasteiger partial charge in [0.1, 0.15) is 15.8 Å². The van der Waals surface area contributed by atoms with Gasteiger partial charge in [-0.05, 0) is 37.5 Å². The average Bonchev–Trinajstić information content (AvgIpc) is 3.35. The molecule has 0 bridgehead atoms. The van der Waals surface area contributed by atoms with Crippen LogP contribution in [0.4, 0.5) is 5.82 Å². The topological polar surface area (TPSA) is 85.2 Å². The molecule has 2 aromatic heterocycles. The van der Waals surface area contributed by atoms with E-state index in [9.17, 15) is 9.59 Å². The molecule has 0 saturated carbocycles. The van der Waals surface area contributed by atoms with Crippen molar-refractivity contribution in [2.45, 2.75) is 25.9 Å². The lowest BCUT2D eigenvalue weighted by molar-refractivity contribution is -0.123. The third-order valence-electron chi connectivity index (χ3n) is 5.24. The number of aryl methyl sites for hydroxylation is 1. The molecule has 8 nitrogen and oxygen atoms in total. The van der Waals surface area contributed by atoms with Crippen molar-refractivity contribution in [3.8, 4) is 0 Å². The lowest BCUT2D eigenvalue weighted by atomic mass is 10.2. The molecule has 0 spiro atoms. The van der Waals surface area contributed by atoms with Crippen molar-refractivity contribution in [3.05, 3.63) is 44.7 Å². The number of fused-ring (bicyclic) bond motifs is 1. The predicted molar refractivity (Wildman–Crippen MR) is 125 cm³/mol. The summed E-state index contributed by atoms with van der Waals surface area (Å²) in [5, 5.41) is 3.16. The maximum atomic E-state index is 13.3. The zero-order valence-corrected chi connectivity index (χ0v) is 19.1. The maximum absolute atomic E-state index is 13.3. The Hall–Kier alpha value is -2.27. The molecule has 2 saturated heterocycles. The number of methoxy groups -OCH3 is 1. The summed E-state index contributed by atoms with van der Waals surface area (Å²) in [5.41, 5.74) is 1.51. The number of thioether (sulfide) groups is 1. The van der Waals surface area contributed by atoms with Crippen LogP contribution in [0.5, 0.6) is 0 Å². The Morgan fingerprint density at radius 1 is 1.45 bits per heavy atom. The van der Waals surface area contributed by atoms with Crippen molar-refractivity contribution in [3.63, 3.8) is 0 Å². The highest BCUT2D eigenvalue weighted by molar-refractivity contribution is 8.26. The average molecular weight is 461 g/mol. The van der Waals surface area contributed by atoms with Gasteiger partial charge in [-0.25, -0.2) is 4.98 Å². The molecule has 31 heavy (non-hydrogen) atoms. The molecular formula is C21H24N4O4S2. The van der Waals surface area contributed by atoms with Gasteiger partial charge in [0.05, 0.1) is 29.7 Å². The minimum Gasteiger partial charge on any atom is -0.383 e. The number of nitrogens with zero attached hydrogens (tertiary/aromatic N) is 3. The van der Waals surface area contributed by atoms with Crippen molar-refractivity contribution in [1.82, 2.24) is 14.3 Å². The number of pyridine rings is 1. The zero-order chi connectivity index (χ0) is 22.0. The van der Waals surface area contributed by atoms with E-state index in [-0.39, 0.29) is 17.6 Å². The third kappa shape index (κ3) is 4.52. The van der Waals surface area contributed by atoms with Crippen LogP contribution in [0.1, 0.15) is 24.0 Å². The standard InChI is InChI=1S/C21H24N4O4S2/c1-13-5-3-8-24-18(13)23-17(22-7-10-28-2)15(19(24)26)11-16-20(27)25(21(30)31-16)12-14-6-4-9-29-14/h3,5,8,11,14,22H,4,6-7,9-10,12H2,1-2H3/b16-11-/t14-/m0/s1. The van der Waals surface area contributed by atoms with Crippen LogP contribution in [0.25, 0.3) is 11.7 Å². The third-order valence-corrected chi connectivity index (χ3v) is 6.62. The van der Waals surface area contributed by atoms with E-state index in [2.05, 4.69) is 10.3 Å². The summed E-state index contributed by atoms with van der Waals surface area (Å²) in [4.78, 5) is 33.0. The van der Waals surface area contributed by atoms with Gasteiger partial charge >= 0.3 is 0 Å². The second-order valence-corrected chi connectivity index (χ2v) is 9.09. The molecule has 2 aliphatic rings. The maximum Gasteiger partial charge on any atom is 0.267 e. The second kappa shape index (κ2) is 9.47. The first-order valence-electron chi connectivity index (χ1n) is 10.1. The van der Waals surface area contributed by atoms with E-state index in [1.165, 1.54) is 16.2 Å². The number of ether oxygens (including phenoxy) is 2. The fraction of sp³-hybridized carbons (Fsp3) is 0.429. The van der Waals surface area contributed by atoms with Crippen molar-refractivity contribution in [2.24, 2.45) is 0 Å². The summed E-state index contributed by atoms with van der Waals surface area (Å²) in [6, 6.07) is 3.70. The smallest absolute Gasteiger partial charge is 0.267 e. The molecule has 0 aliphatic carbocycles. The van der Waals surface area contributed by atoms with E-state index < -0.39 is 0 Å². The molecule has 2 aromatic rings. The van der Waals surface area contributed by atoms with Crippen molar-refractivity contribution in [2.75, 3.05) is 38.7 Å². The van der Waals surface area contributed by atoms with Gasteiger partial charge in [0, 0.05) is 26.5 Å². The molecule has 164 valence electrons. The molecule has 1 atom stereocenters. The highest BCUT2D eigenvalue weighted by Crippen LogP contribution is 2.34. The number of hydrogen-bond donors (Lipinski definition) is 1. The van der Waals surface area contributed by atoms with E-state index in [1.807, 2.05) is 13.0 Å². The number of amides is 1. The van der Waals surface area contributed by atoms with Gasteiger partial charge in [-0.3, -0.25) is 18.9 Å². The Balaban J connectivity index is 1.72. The number of anilines is 1. The van der Waals surface area contributed by atoms with Crippen LogP contribution in [0.15, 0.2) is 28.0 Å². The molecule has 1 amide bonds. The number of carbonyl (C=O) groups is 1. The summed E-state index contributed by atoms with van der Waals surface area (Å²) in [6.45, 7) is 3.99. The first-order chi connectivity index (χ1) is 15.0. The van der Waals surface area contributed by atoms with Gasteiger partial charge in [-0.15, -0.1) is 0 Å². The molecular weight excluding hydrogens is 436 g/mol. The van der Waals surface area contributed by atoms with Crippen LogP contribution < -0.4 is 10.9 Å². The molecule has 4 rings (SSSR count). The fourth-order valence-corrected chi connectivity index (χ4v) is 4.89. The van der Waals surface area contributed by atoms with E-state index >= 15 is 0 Å². The molecule has 1 N–H and O–H groups in total. The molecule has 0 unspecified atom stereocenters. The summed E-state index contributed by atoms with van der Waals surface area (Å²) in [7, 11) is 1.61. The van der Waals surface area contributed by atoms with E-state index in [0.29, 0.717) is 52.6 Å². The molecule has 2 fully saturated rings. The first-order valence-corrected chi connectivity index (χ1v) is 11.3. The minimum absolute atomic E-state index is 0.00376.